The number of aromatic amines is 1. The minimum absolute atomic E-state index is 0.105. The quantitative estimate of drug-likeness (QED) is 0.581. The number of nitrogens with one attached hydrogen (secondary N) is 3. The first-order valence-electron chi connectivity index (χ1n) is 7.48. The molecule has 1 aliphatic heterocycles. The van der Waals surface area contributed by atoms with E-state index in [1.807, 2.05) is 12.2 Å². The molecule has 0 aromatic carbocycles. The molecular formula is C15H20N6O2. The maximum atomic E-state index is 12.2. The minimum atomic E-state index is -0.364. The Kier molecular flexibility index (Phi) is 4.16. The Morgan fingerprint density at radius 2 is 2.22 bits per heavy atom. The van der Waals surface area contributed by atoms with Crippen LogP contribution in [-0.2, 0) is 6.61 Å². The molecule has 8 heteroatoms. The van der Waals surface area contributed by atoms with Gasteiger partial charge in [0.15, 0.2) is 11.5 Å². The van der Waals surface area contributed by atoms with E-state index in [2.05, 4.69) is 45.2 Å². The van der Waals surface area contributed by atoms with Crippen LogP contribution in [0.4, 0.5) is 0 Å². The van der Waals surface area contributed by atoms with Crippen LogP contribution in [0.5, 0.6) is 0 Å². The van der Waals surface area contributed by atoms with Crippen molar-refractivity contribution < 1.29 is 9.90 Å². The van der Waals surface area contributed by atoms with E-state index in [0.29, 0.717) is 11.6 Å². The lowest BCUT2D eigenvalue weighted by Gasteiger charge is -2.37. The third kappa shape index (κ3) is 2.98. The number of hydrazone groups is 1. The van der Waals surface area contributed by atoms with Crippen molar-refractivity contribution in [2.45, 2.75) is 19.6 Å². The molecule has 0 radical (unpaired) electrons. The van der Waals surface area contributed by atoms with Gasteiger partial charge in [-0.3, -0.25) is 20.3 Å². The SMILES string of the molecule is CC1NN=C(N(C)NC(=O)c2cc(CO)[nH]n2)C2C=CC=CC12. The molecule has 0 fully saturated rings. The summed E-state index contributed by atoms with van der Waals surface area (Å²) >= 11 is 0. The van der Waals surface area contributed by atoms with Gasteiger partial charge in [-0.1, -0.05) is 24.3 Å². The van der Waals surface area contributed by atoms with Crippen molar-refractivity contribution in [2.75, 3.05) is 7.05 Å². The Bertz CT molecular complexity index is 677. The molecule has 3 unspecified atom stereocenters. The molecule has 1 amide bonds. The first-order valence-corrected chi connectivity index (χ1v) is 7.48. The Morgan fingerprint density at radius 1 is 1.43 bits per heavy atom. The number of carbonyl (C=O) groups excluding carboxylic acids is 1. The number of hydrogen-bond acceptors (Lipinski definition) is 6. The summed E-state index contributed by atoms with van der Waals surface area (Å²) < 4.78 is 0. The van der Waals surface area contributed by atoms with Gasteiger partial charge in [-0.05, 0) is 13.0 Å². The van der Waals surface area contributed by atoms with Gasteiger partial charge in [-0.25, -0.2) is 0 Å². The van der Waals surface area contributed by atoms with Gasteiger partial charge in [-0.15, -0.1) is 0 Å². The van der Waals surface area contributed by atoms with Crippen LogP contribution in [0.2, 0.25) is 0 Å². The molecule has 1 aliphatic carbocycles. The molecule has 3 atom stereocenters. The van der Waals surface area contributed by atoms with E-state index < -0.39 is 0 Å². The van der Waals surface area contributed by atoms with E-state index in [1.54, 1.807) is 12.1 Å². The zero-order chi connectivity index (χ0) is 16.4. The van der Waals surface area contributed by atoms with Gasteiger partial charge in [-0.2, -0.15) is 10.2 Å². The summed E-state index contributed by atoms with van der Waals surface area (Å²) in [6, 6.07) is 1.74. The molecular weight excluding hydrogens is 296 g/mol. The number of H-pyrrole nitrogens is 1. The van der Waals surface area contributed by atoms with Crippen LogP contribution >= 0.6 is 0 Å². The number of aromatic nitrogens is 2. The van der Waals surface area contributed by atoms with Crippen molar-refractivity contribution in [3.05, 3.63) is 41.8 Å². The topological polar surface area (TPSA) is 106 Å². The summed E-state index contributed by atoms with van der Waals surface area (Å²) in [5, 5.41) is 21.5. The Hall–Kier alpha value is -2.61. The largest absolute Gasteiger partial charge is 0.390 e. The fourth-order valence-corrected chi connectivity index (χ4v) is 2.81. The predicted octanol–water partition coefficient (Wildman–Crippen LogP) is 0.142. The number of fused-ring (bicyclic) bond motifs is 1. The maximum absolute atomic E-state index is 12.2. The Balaban J connectivity index is 1.72. The fourth-order valence-electron chi connectivity index (χ4n) is 2.81. The maximum Gasteiger partial charge on any atom is 0.290 e. The third-order valence-corrected chi connectivity index (χ3v) is 4.08. The normalized spacial score (nSPS) is 25.3. The lowest BCUT2D eigenvalue weighted by Crippen LogP contribution is -2.53. The molecule has 122 valence electrons. The number of hydrazine groups is 1. The number of hydrogen-bond donors (Lipinski definition) is 4. The minimum Gasteiger partial charge on any atom is -0.390 e. The van der Waals surface area contributed by atoms with Gasteiger partial charge in [0.05, 0.1) is 12.3 Å². The second kappa shape index (κ2) is 6.25. The smallest absolute Gasteiger partial charge is 0.290 e. The van der Waals surface area contributed by atoms with Crippen LogP contribution in [-0.4, -0.2) is 45.1 Å². The summed E-state index contributed by atoms with van der Waals surface area (Å²) in [6.45, 7) is 1.89. The summed E-state index contributed by atoms with van der Waals surface area (Å²) in [6.07, 6.45) is 8.25. The highest BCUT2D eigenvalue weighted by Gasteiger charge is 2.34. The molecule has 3 rings (SSSR count). The molecule has 4 N–H and O–H groups in total. The molecule has 0 saturated heterocycles. The number of carbonyl (C=O) groups is 1. The van der Waals surface area contributed by atoms with Crippen molar-refractivity contribution in [1.29, 1.82) is 0 Å². The molecule has 2 heterocycles. The highest BCUT2D eigenvalue weighted by molar-refractivity contribution is 5.95. The summed E-state index contributed by atoms with van der Waals surface area (Å²) in [5.41, 5.74) is 6.55. The Labute approximate surface area is 133 Å². The highest BCUT2D eigenvalue weighted by atomic mass is 16.3. The molecule has 2 aliphatic rings. The van der Waals surface area contributed by atoms with Crippen LogP contribution in [0.1, 0.15) is 23.1 Å². The summed E-state index contributed by atoms with van der Waals surface area (Å²) in [7, 11) is 1.75. The van der Waals surface area contributed by atoms with Gasteiger partial charge < -0.3 is 10.5 Å². The monoisotopic (exact) mass is 316 g/mol. The molecule has 1 aromatic heterocycles. The zero-order valence-electron chi connectivity index (χ0n) is 13.0. The van der Waals surface area contributed by atoms with Crippen molar-refractivity contribution in [2.24, 2.45) is 16.9 Å². The number of amidine groups is 1. The van der Waals surface area contributed by atoms with Gasteiger partial charge in [0.2, 0.25) is 0 Å². The van der Waals surface area contributed by atoms with Crippen LogP contribution in [0.25, 0.3) is 0 Å². The average Bonchev–Trinajstić information content (AvgIpc) is 3.04. The summed E-state index contributed by atoms with van der Waals surface area (Å²) in [5.74, 6) is 0.767. The fraction of sp³-hybridized carbons (Fsp3) is 0.400. The van der Waals surface area contributed by atoms with Crippen molar-refractivity contribution in [3.8, 4) is 0 Å². The van der Waals surface area contributed by atoms with Crippen molar-refractivity contribution in [1.82, 2.24) is 26.1 Å². The van der Waals surface area contributed by atoms with Crippen LogP contribution < -0.4 is 10.9 Å². The molecule has 0 spiro atoms. The second-order valence-electron chi connectivity index (χ2n) is 5.70. The average molecular weight is 316 g/mol. The summed E-state index contributed by atoms with van der Waals surface area (Å²) in [4.78, 5) is 12.2. The number of allylic oxidation sites excluding steroid dienone is 2. The second-order valence-corrected chi connectivity index (χ2v) is 5.70. The van der Waals surface area contributed by atoms with E-state index in [-0.39, 0.29) is 30.2 Å². The number of rotatable bonds is 2. The Morgan fingerprint density at radius 3 is 2.96 bits per heavy atom. The number of aliphatic hydroxyl groups is 1. The van der Waals surface area contributed by atoms with Crippen LogP contribution in [0.15, 0.2) is 35.5 Å². The van der Waals surface area contributed by atoms with Crippen LogP contribution in [0.3, 0.4) is 0 Å². The highest BCUT2D eigenvalue weighted by Crippen LogP contribution is 2.28. The van der Waals surface area contributed by atoms with Crippen molar-refractivity contribution in [3.63, 3.8) is 0 Å². The number of nitrogens with zero attached hydrogens (tertiary/aromatic N) is 3. The van der Waals surface area contributed by atoms with Gasteiger partial charge in [0, 0.05) is 24.9 Å². The molecule has 0 saturated carbocycles. The van der Waals surface area contributed by atoms with E-state index >= 15 is 0 Å². The van der Waals surface area contributed by atoms with Gasteiger partial charge >= 0.3 is 0 Å². The van der Waals surface area contributed by atoms with Crippen molar-refractivity contribution >= 4 is 11.7 Å². The van der Waals surface area contributed by atoms with Gasteiger partial charge in [0.25, 0.3) is 5.91 Å². The zero-order valence-corrected chi connectivity index (χ0v) is 13.0. The lowest BCUT2D eigenvalue weighted by atomic mass is 9.82. The first kappa shape index (κ1) is 15.3. The van der Waals surface area contributed by atoms with E-state index in [1.165, 1.54) is 6.07 Å². The predicted molar refractivity (Wildman–Crippen MR) is 85.0 cm³/mol. The van der Waals surface area contributed by atoms with E-state index in [9.17, 15) is 4.79 Å². The lowest BCUT2D eigenvalue weighted by molar-refractivity contribution is 0.0875. The standard InChI is InChI=1S/C15H20N6O2/c1-9-11-5-3-4-6-12(11)14(19-16-9)21(2)20-15(23)13-7-10(8-22)17-18-13/h3-7,9,11-12,16,22H,8H2,1-2H3,(H,17,18)(H,20,23). The molecule has 0 bridgehead atoms. The number of aliphatic hydroxyl groups excluding tert-OH is 1. The number of amides is 1. The molecule has 8 nitrogen and oxygen atoms in total. The molecule has 1 aromatic rings. The van der Waals surface area contributed by atoms with E-state index in [4.69, 9.17) is 5.11 Å². The first-order chi connectivity index (χ1) is 11.1. The van der Waals surface area contributed by atoms with Crippen LogP contribution in [0, 0.1) is 11.8 Å². The molecule has 23 heavy (non-hydrogen) atoms. The third-order valence-electron chi connectivity index (χ3n) is 4.08. The van der Waals surface area contributed by atoms with Gasteiger partial charge in [0.1, 0.15) is 0 Å². The van der Waals surface area contributed by atoms with E-state index in [0.717, 1.165) is 5.84 Å².